The minimum atomic E-state index is -3.53. The van der Waals surface area contributed by atoms with Crippen LogP contribution in [0.2, 0.25) is 0 Å². The third-order valence-corrected chi connectivity index (χ3v) is 5.55. The van der Waals surface area contributed by atoms with Crippen LogP contribution in [0.3, 0.4) is 0 Å². The van der Waals surface area contributed by atoms with Crippen molar-refractivity contribution in [2.75, 3.05) is 5.75 Å². The van der Waals surface area contributed by atoms with E-state index in [0.29, 0.717) is 6.42 Å². The Morgan fingerprint density at radius 1 is 1.22 bits per heavy atom. The van der Waals surface area contributed by atoms with Gasteiger partial charge in [0.15, 0.2) is 9.84 Å². The Bertz CT molecular complexity index is 653. The number of rotatable bonds is 8. The predicted octanol–water partition coefficient (Wildman–Crippen LogP) is 1.18. The number of aryl methyl sites for hydroxylation is 1. The molecular weight excluding hydrogens is 316 g/mol. The van der Waals surface area contributed by atoms with Gasteiger partial charge in [-0.2, -0.15) is 0 Å². The predicted molar refractivity (Wildman–Crippen MR) is 88.4 cm³/mol. The summed E-state index contributed by atoms with van der Waals surface area (Å²) in [5, 5.41) is 2.52. The first-order chi connectivity index (χ1) is 10.7. The zero-order chi connectivity index (χ0) is 17.6. The Morgan fingerprint density at radius 2 is 1.78 bits per heavy atom. The van der Waals surface area contributed by atoms with Crippen LogP contribution < -0.4 is 11.1 Å². The van der Waals surface area contributed by atoms with Crippen molar-refractivity contribution in [2.24, 2.45) is 11.7 Å². The Kier molecular flexibility index (Phi) is 6.75. The molecule has 128 valence electrons. The van der Waals surface area contributed by atoms with Gasteiger partial charge in [0, 0.05) is 6.42 Å². The molecule has 0 saturated carbocycles. The molecule has 1 aromatic carbocycles. The number of carbonyl (C=O) groups excluding carboxylic acids is 2. The Labute approximate surface area is 137 Å². The Balaban J connectivity index is 2.67. The zero-order valence-corrected chi connectivity index (χ0v) is 14.5. The van der Waals surface area contributed by atoms with Crippen molar-refractivity contribution >= 4 is 21.7 Å². The van der Waals surface area contributed by atoms with Crippen LogP contribution in [0.1, 0.15) is 32.3 Å². The summed E-state index contributed by atoms with van der Waals surface area (Å²) in [5.74, 6) is -1.53. The number of amides is 2. The number of hydrogen-bond acceptors (Lipinski definition) is 4. The summed E-state index contributed by atoms with van der Waals surface area (Å²) in [6, 6.07) is 5.68. The second-order valence-electron chi connectivity index (χ2n) is 5.72. The lowest BCUT2D eigenvalue weighted by molar-refractivity contribution is -0.128. The summed E-state index contributed by atoms with van der Waals surface area (Å²) in [4.78, 5) is 23.5. The third-order valence-electron chi connectivity index (χ3n) is 3.81. The topological polar surface area (TPSA) is 106 Å². The largest absolute Gasteiger partial charge is 0.368 e. The van der Waals surface area contributed by atoms with E-state index in [-0.39, 0.29) is 23.0 Å². The first-order valence-electron chi connectivity index (χ1n) is 7.55. The van der Waals surface area contributed by atoms with Crippen LogP contribution in [0.5, 0.6) is 0 Å². The van der Waals surface area contributed by atoms with Gasteiger partial charge in [0.05, 0.1) is 10.6 Å². The fraction of sp³-hybridized carbons (Fsp3) is 0.500. The first-order valence-corrected chi connectivity index (χ1v) is 9.20. The standard InChI is InChI=1S/C16H24N2O4S/c1-4-12(3)15(16(17)20)18-14(19)9-10-23(21,22)13-7-5-11(2)6-8-13/h5-8,12,15H,4,9-10H2,1-3H3,(H2,17,20)(H,18,19). The number of carbonyl (C=O) groups is 2. The summed E-state index contributed by atoms with van der Waals surface area (Å²) in [6.45, 7) is 5.55. The minimum absolute atomic E-state index is 0.106. The highest BCUT2D eigenvalue weighted by Gasteiger charge is 2.24. The van der Waals surface area contributed by atoms with Crippen LogP contribution in [-0.4, -0.2) is 32.0 Å². The quantitative estimate of drug-likeness (QED) is 0.741. The number of nitrogens with one attached hydrogen (secondary N) is 1. The van der Waals surface area contributed by atoms with Gasteiger partial charge in [-0.05, 0) is 25.0 Å². The highest BCUT2D eigenvalue weighted by Crippen LogP contribution is 2.13. The van der Waals surface area contributed by atoms with E-state index in [9.17, 15) is 18.0 Å². The van der Waals surface area contributed by atoms with E-state index in [1.165, 1.54) is 12.1 Å². The van der Waals surface area contributed by atoms with Crippen molar-refractivity contribution < 1.29 is 18.0 Å². The lowest BCUT2D eigenvalue weighted by atomic mass is 9.98. The van der Waals surface area contributed by atoms with Crippen LogP contribution in [0.15, 0.2) is 29.2 Å². The molecule has 0 fully saturated rings. The molecule has 2 amide bonds. The number of primary amides is 1. The van der Waals surface area contributed by atoms with Crippen molar-refractivity contribution in [1.82, 2.24) is 5.32 Å². The van der Waals surface area contributed by atoms with Gasteiger partial charge in [0.2, 0.25) is 11.8 Å². The van der Waals surface area contributed by atoms with Gasteiger partial charge in [0.1, 0.15) is 6.04 Å². The molecular formula is C16H24N2O4S. The SMILES string of the molecule is CCC(C)C(NC(=O)CCS(=O)(=O)c1ccc(C)cc1)C(N)=O. The van der Waals surface area contributed by atoms with Crippen LogP contribution in [0, 0.1) is 12.8 Å². The van der Waals surface area contributed by atoms with E-state index in [1.54, 1.807) is 19.1 Å². The van der Waals surface area contributed by atoms with Crippen molar-refractivity contribution in [3.8, 4) is 0 Å². The summed E-state index contributed by atoms with van der Waals surface area (Å²) in [6.07, 6.45) is 0.464. The summed E-state index contributed by atoms with van der Waals surface area (Å²) in [5.41, 5.74) is 6.23. The molecule has 2 unspecified atom stereocenters. The van der Waals surface area contributed by atoms with Crippen LogP contribution in [0.25, 0.3) is 0 Å². The molecule has 3 N–H and O–H groups in total. The Hall–Kier alpha value is -1.89. The highest BCUT2D eigenvalue weighted by molar-refractivity contribution is 7.91. The number of nitrogens with two attached hydrogens (primary N) is 1. The van der Waals surface area contributed by atoms with E-state index in [1.807, 2.05) is 13.8 Å². The second-order valence-corrected chi connectivity index (χ2v) is 7.82. The average molecular weight is 340 g/mol. The molecule has 7 heteroatoms. The molecule has 2 atom stereocenters. The molecule has 23 heavy (non-hydrogen) atoms. The monoisotopic (exact) mass is 340 g/mol. The normalized spacial score (nSPS) is 14.0. The Morgan fingerprint density at radius 3 is 2.26 bits per heavy atom. The van der Waals surface area contributed by atoms with Gasteiger partial charge in [-0.25, -0.2) is 8.42 Å². The maximum Gasteiger partial charge on any atom is 0.240 e. The summed E-state index contributed by atoms with van der Waals surface area (Å²) >= 11 is 0. The van der Waals surface area contributed by atoms with E-state index in [0.717, 1.165) is 5.56 Å². The van der Waals surface area contributed by atoms with Gasteiger partial charge >= 0.3 is 0 Å². The molecule has 0 aliphatic carbocycles. The molecule has 0 aliphatic heterocycles. The van der Waals surface area contributed by atoms with E-state index in [4.69, 9.17) is 5.73 Å². The second kappa shape index (κ2) is 8.10. The smallest absolute Gasteiger partial charge is 0.240 e. The molecule has 0 aromatic heterocycles. The fourth-order valence-electron chi connectivity index (χ4n) is 2.07. The third kappa shape index (κ3) is 5.67. The van der Waals surface area contributed by atoms with Gasteiger partial charge in [-0.15, -0.1) is 0 Å². The van der Waals surface area contributed by atoms with Crippen LogP contribution >= 0.6 is 0 Å². The number of sulfone groups is 1. The van der Waals surface area contributed by atoms with Crippen LogP contribution in [-0.2, 0) is 19.4 Å². The number of benzene rings is 1. The fourth-order valence-corrected chi connectivity index (χ4v) is 3.31. The van der Waals surface area contributed by atoms with E-state index in [2.05, 4.69) is 5.32 Å². The van der Waals surface area contributed by atoms with E-state index < -0.39 is 27.7 Å². The summed E-state index contributed by atoms with van der Waals surface area (Å²) in [7, 11) is -3.53. The zero-order valence-electron chi connectivity index (χ0n) is 13.7. The van der Waals surface area contributed by atoms with Crippen LogP contribution in [0.4, 0.5) is 0 Å². The molecule has 0 spiro atoms. The maximum atomic E-state index is 12.2. The highest BCUT2D eigenvalue weighted by atomic mass is 32.2. The first kappa shape index (κ1) is 19.2. The average Bonchev–Trinajstić information content (AvgIpc) is 2.50. The minimum Gasteiger partial charge on any atom is -0.368 e. The molecule has 0 saturated heterocycles. The summed E-state index contributed by atoms with van der Waals surface area (Å²) < 4.78 is 24.4. The lowest BCUT2D eigenvalue weighted by Gasteiger charge is -2.21. The molecule has 0 radical (unpaired) electrons. The molecule has 1 rings (SSSR count). The van der Waals surface area contributed by atoms with Crippen molar-refractivity contribution in [1.29, 1.82) is 0 Å². The molecule has 0 heterocycles. The van der Waals surface area contributed by atoms with Crippen molar-refractivity contribution in [2.45, 2.75) is 44.6 Å². The van der Waals surface area contributed by atoms with E-state index >= 15 is 0 Å². The molecule has 6 nitrogen and oxygen atoms in total. The molecule has 1 aromatic rings. The lowest BCUT2D eigenvalue weighted by Crippen LogP contribution is -2.48. The molecule has 0 bridgehead atoms. The van der Waals surface area contributed by atoms with Crippen molar-refractivity contribution in [3.63, 3.8) is 0 Å². The van der Waals surface area contributed by atoms with Crippen molar-refractivity contribution in [3.05, 3.63) is 29.8 Å². The number of hydrogen-bond donors (Lipinski definition) is 2. The van der Waals surface area contributed by atoms with Gasteiger partial charge in [-0.3, -0.25) is 9.59 Å². The van der Waals surface area contributed by atoms with Gasteiger partial charge < -0.3 is 11.1 Å². The molecule has 0 aliphatic rings. The van der Waals surface area contributed by atoms with Gasteiger partial charge in [0.25, 0.3) is 0 Å². The maximum absolute atomic E-state index is 12.2. The van der Waals surface area contributed by atoms with Gasteiger partial charge in [-0.1, -0.05) is 38.0 Å².